The summed E-state index contributed by atoms with van der Waals surface area (Å²) in [5, 5.41) is 13.4. The highest BCUT2D eigenvalue weighted by molar-refractivity contribution is 6.02. The molecule has 0 fully saturated rings. The maximum absolute atomic E-state index is 12.9. The lowest BCUT2D eigenvalue weighted by atomic mass is 10.1. The molecule has 0 saturated carbocycles. The largest absolute Gasteiger partial charge is 0.476 e. The molecule has 4 rings (SSSR count). The number of nitrogens with one attached hydrogen (secondary N) is 1. The van der Waals surface area contributed by atoms with Gasteiger partial charge in [-0.25, -0.2) is 4.79 Å². The quantitative estimate of drug-likeness (QED) is 0.584. The Morgan fingerprint density at radius 3 is 2.22 bits per heavy atom. The molecule has 2 aromatic carbocycles. The lowest BCUT2D eigenvalue weighted by Crippen LogP contribution is -2.29. The predicted molar refractivity (Wildman–Crippen MR) is 100 cm³/mol. The van der Waals surface area contributed by atoms with Crippen molar-refractivity contribution in [3.63, 3.8) is 0 Å². The molecule has 0 saturated heterocycles. The van der Waals surface area contributed by atoms with Gasteiger partial charge in [-0.05, 0) is 23.8 Å². The van der Waals surface area contributed by atoms with Crippen molar-refractivity contribution in [2.24, 2.45) is 0 Å². The summed E-state index contributed by atoms with van der Waals surface area (Å²) >= 11 is 0. The lowest BCUT2D eigenvalue weighted by molar-refractivity contribution is 0.0691. The third-order valence-electron chi connectivity index (χ3n) is 4.18. The van der Waals surface area contributed by atoms with Crippen molar-refractivity contribution in [2.75, 3.05) is 0 Å². The van der Waals surface area contributed by atoms with Gasteiger partial charge in [0.2, 0.25) is 0 Å². The Morgan fingerprint density at radius 1 is 0.963 bits per heavy atom. The number of fused-ring (bicyclic) bond motifs is 1. The van der Waals surface area contributed by atoms with Crippen LogP contribution < -0.4 is 11.1 Å². The van der Waals surface area contributed by atoms with E-state index in [0.29, 0.717) is 16.9 Å². The first-order chi connectivity index (χ1) is 13.1. The Kier molecular flexibility index (Phi) is 3.89. The number of H-pyrrole nitrogens is 1. The van der Waals surface area contributed by atoms with Crippen molar-refractivity contribution in [2.45, 2.75) is 0 Å². The first-order valence-electron chi connectivity index (χ1n) is 8.11. The van der Waals surface area contributed by atoms with Crippen LogP contribution >= 0.6 is 0 Å². The van der Waals surface area contributed by atoms with Crippen LogP contribution in [0.2, 0.25) is 0 Å². The number of aromatic nitrogens is 3. The van der Waals surface area contributed by atoms with Gasteiger partial charge in [-0.2, -0.15) is 9.78 Å². The highest BCUT2D eigenvalue weighted by Crippen LogP contribution is 2.20. The molecular weight excluding hydrogens is 346 g/mol. The summed E-state index contributed by atoms with van der Waals surface area (Å²) in [4.78, 5) is 40.0. The molecule has 0 amide bonds. The molecule has 7 nitrogen and oxygen atoms in total. The van der Waals surface area contributed by atoms with E-state index >= 15 is 0 Å². The van der Waals surface area contributed by atoms with Crippen molar-refractivity contribution >= 4 is 16.7 Å². The monoisotopic (exact) mass is 359 g/mol. The summed E-state index contributed by atoms with van der Waals surface area (Å²) in [5.74, 6) is -1.32. The minimum Gasteiger partial charge on any atom is -0.476 e. The molecule has 132 valence electrons. The summed E-state index contributed by atoms with van der Waals surface area (Å²) in [6, 6.07) is 18.8. The number of para-hydroxylation sites is 1. The van der Waals surface area contributed by atoms with Gasteiger partial charge in [0, 0.05) is 11.1 Å². The number of carboxylic acid groups (broad SMARTS) is 1. The number of carbonyl (C=O) groups is 1. The van der Waals surface area contributed by atoms with Gasteiger partial charge >= 0.3 is 5.97 Å². The zero-order valence-corrected chi connectivity index (χ0v) is 13.9. The van der Waals surface area contributed by atoms with Gasteiger partial charge in [-0.3, -0.25) is 9.59 Å². The van der Waals surface area contributed by atoms with Gasteiger partial charge in [0.25, 0.3) is 11.1 Å². The fourth-order valence-electron chi connectivity index (χ4n) is 2.94. The van der Waals surface area contributed by atoms with Gasteiger partial charge in [0.05, 0.1) is 5.69 Å². The number of rotatable bonds is 3. The van der Waals surface area contributed by atoms with E-state index in [-0.39, 0.29) is 16.5 Å². The van der Waals surface area contributed by atoms with E-state index in [1.807, 2.05) is 6.07 Å². The average molecular weight is 359 g/mol. The highest BCUT2D eigenvalue weighted by Gasteiger charge is 2.20. The molecular formula is C20H13N3O4. The zero-order chi connectivity index (χ0) is 19.0. The number of carboxylic acids is 1. The molecule has 0 aliphatic carbocycles. The minimum atomic E-state index is -1.32. The molecule has 0 unspecified atom stereocenters. The molecule has 0 atom stereocenters. The molecule has 2 heterocycles. The summed E-state index contributed by atoms with van der Waals surface area (Å²) in [6.07, 6.45) is 0. The number of aromatic amines is 1. The Balaban J connectivity index is 2.10. The van der Waals surface area contributed by atoms with Crippen molar-refractivity contribution in [3.8, 4) is 16.9 Å². The second kappa shape index (κ2) is 6.38. The van der Waals surface area contributed by atoms with Gasteiger partial charge in [0.15, 0.2) is 5.69 Å². The van der Waals surface area contributed by atoms with Crippen molar-refractivity contribution in [1.82, 2.24) is 14.8 Å². The number of benzene rings is 2. The van der Waals surface area contributed by atoms with E-state index in [9.17, 15) is 19.5 Å². The van der Waals surface area contributed by atoms with Gasteiger partial charge in [-0.15, -0.1) is 0 Å². The second-order valence-electron chi connectivity index (χ2n) is 5.87. The third kappa shape index (κ3) is 2.81. The topological polar surface area (TPSA) is 105 Å². The zero-order valence-electron chi connectivity index (χ0n) is 13.9. The molecule has 0 aliphatic heterocycles. The number of pyridine rings is 1. The lowest BCUT2D eigenvalue weighted by Gasteiger charge is -2.10. The van der Waals surface area contributed by atoms with E-state index in [4.69, 9.17) is 0 Å². The van der Waals surface area contributed by atoms with Crippen molar-refractivity contribution in [1.29, 1.82) is 0 Å². The van der Waals surface area contributed by atoms with E-state index in [1.165, 1.54) is 6.07 Å². The van der Waals surface area contributed by atoms with Crippen LogP contribution in [0.1, 0.15) is 10.5 Å². The SMILES string of the molecule is O=C(O)c1nn(-c2ccccc2)c(=O)c2c(=O)[nH]c(-c3ccccc3)cc12. The molecule has 0 radical (unpaired) electrons. The van der Waals surface area contributed by atoms with Gasteiger partial charge in [0.1, 0.15) is 5.39 Å². The van der Waals surface area contributed by atoms with Crippen molar-refractivity contribution in [3.05, 3.63) is 93.1 Å². The van der Waals surface area contributed by atoms with Crippen molar-refractivity contribution < 1.29 is 9.90 Å². The Hall–Kier alpha value is -4.00. The summed E-state index contributed by atoms with van der Waals surface area (Å²) < 4.78 is 0.934. The standard InChI is InChI=1S/C20H13N3O4/c24-18-16-14(11-15(21-18)12-7-3-1-4-8-12)17(20(26)27)22-23(19(16)25)13-9-5-2-6-10-13/h1-11H,(H,21,24)(H,26,27). The first-order valence-corrected chi connectivity index (χ1v) is 8.11. The van der Waals surface area contributed by atoms with E-state index in [0.717, 1.165) is 4.68 Å². The van der Waals surface area contributed by atoms with Crippen LogP contribution in [-0.4, -0.2) is 25.8 Å². The van der Waals surface area contributed by atoms with Gasteiger partial charge < -0.3 is 10.1 Å². The molecule has 2 aromatic heterocycles. The molecule has 7 heteroatoms. The number of nitrogens with zero attached hydrogens (tertiary/aromatic N) is 2. The van der Waals surface area contributed by atoms with E-state index < -0.39 is 17.1 Å². The molecule has 0 bridgehead atoms. The summed E-state index contributed by atoms with van der Waals surface area (Å²) in [6.45, 7) is 0. The molecule has 4 aromatic rings. The van der Waals surface area contributed by atoms with Crippen LogP contribution in [0.15, 0.2) is 76.3 Å². The van der Waals surface area contributed by atoms with E-state index in [2.05, 4.69) is 10.1 Å². The normalized spacial score (nSPS) is 10.8. The second-order valence-corrected chi connectivity index (χ2v) is 5.87. The Bertz CT molecular complexity index is 1280. The number of aromatic carboxylic acids is 1. The number of hydrogen-bond acceptors (Lipinski definition) is 4. The average Bonchev–Trinajstić information content (AvgIpc) is 2.69. The third-order valence-corrected chi connectivity index (χ3v) is 4.18. The number of hydrogen-bond donors (Lipinski definition) is 2. The van der Waals surface area contributed by atoms with E-state index in [1.54, 1.807) is 54.6 Å². The molecule has 27 heavy (non-hydrogen) atoms. The fraction of sp³-hybridized carbons (Fsp3) is 0. The van der Waals surface area contributed by atoms with Crippen LogP contribution in [0.5, 0.6) is 0 Å². The fourth-order valence-corrected chi connectivity index (χ4v) is 2.94. The maximum atomic E-state index is 12.9. The minimum absolute atomic E-state index is 0.00211. The predicted octanol–water partition coefficient (Wildman–Crippen LogP) is 2.44. The van der Waals surface area contributed by atoms with Crippen LogP contribution in [0, 0.1) is 0 Å². The maximum Gasteiger partial charge on any atom is 0.357 e. The molecule has 2 N–H and O–H groups in total. The molecule has 0 aliphatic rings. The Morgan fingerprint density at radius 2 is 1.59 bits per heavy atom. The first kappa shape index (κ1) is 16.5. The molecule has 0 spiro atoms. The smallest absolute Gasteiger partial charge is 0.357 e. The Labute approximate surface area is 152 Å². The highest BCUT2D eigenvalue weighted by atomic mass is 16.4. The van der Waals surface area contributed by atoms with Crippen LogP contribution in [-0.2, 0) is 0 Å². The van der Waals surface area contributed by atoms with Gasteiger partial charge in [-0.1, -0.05) is 48.5 Å². The van der Waals surface area contributed by atoms with Crippen LogP contribution in [0.25, 0.3) is 27.7 Å². The summed E-state index contributed by atoms with van der Waals surface area (Å²) in [7, 11) is 0. The van der Waals surface area contributed by atoms with Crippen LogP contribution in [0.4, 0.5) is 0 Å². The summed E-state index contributed by atoms with van der Waals surface area (Å²) in [5.41, 5.74) is -0.225. The van der Waals surface area contributed by atoms with Crippen LogP contribution in [0.3, 0.4) is 0 Å².